The third-order valence-corrected chi connectivity index (χ3v) is 5.25. The van der Waals surface area contributed by atoms with Gasteiger partial charge in [-0.2, -0.15) is 11.8 Å². The van der Waals surface area contributed by atoms with E-state index in [9.17, 15) is 4.79 Å². The van der Waals surface area contributed by atoms with Crippen LogP contribution in [0, 0.1) is 5.92 Å². The third kappa shape index (κ3) is 5.63. The topological polar surface area (TPSA) is 50.4 Å². The Bertz CT molecular complexity index is 475. The van der Waals surface area contributed by atoms with E-state index in [0.717, 1.165) is 37.5 Å². The number of hydrogen-bond donors (Lipinski definition) is 2. The normalized spacial score (nSPS) is 17.2. The van der Waals surface area contributed by atoms with E-state index >= 15 is 0 Å². The van der Waals surface area contributed by atoms with Crippen molar-refractivity contribution in [2.75, 3.05) is 32.1 Å². The van der Waals surface area contributed by atoms with Crippen LogP contribution in [0.2, 0.25) is 0 Å². The number of nitrogens with one attached hydrogen (secondary N) is 2. The summed E-state index contributed by atoms with van der Waals surface area (Å²) < 4.78 is 5.39. The van der Waals surface area contributed by atoms with Gasteiger partial charge in [0.2, 0.25) is 5.91 Å². The Kier molecular flexibility index (Phi) is 7.22. The van der Waals surface area contributed by atoms with Crippen molar-refractivity contribution in [3.63, 3.8) is 0 Å². The van der Waals surface area contributed by atoms with Crippen molar-refractivity contribution < 1.29 is 9.53 Å². The Labute approximate surface area is 137 Å². The molecule has 0 aromatic heterocycles. The van der Waals surface area contributed by atoms with Gasteiger partial charge in [-0.15, -0.1) is 0 Å². The van der Waals surface area contributed by atoms with Crippen molar-refractivity contribution in [3.05, 3.63) is 29.8 Å². The highest BCUT2D eigenvalue weighted by molar-refractivity contribution is 7.99. The molecule has 22 heavy (non-hydrogen) atoms. The first-order valence-electron chi connectivity index (χ1n) is 7.93. The van der Waals surface area contributed by atoms with Crippen molar-refractivity contribution in [1.29, 1.82) is 0 Å². The Morgan fingerprint density at radius 1 is 1.41 bits per heavy atom. The summed E-state index contributed by atoms with van der Waals surface area (Å²) in [6.07, 6.45) is 2.28. The maximum Gasteiger partial charge on any atom is 0.228 e. The standard InChI is InChI=1S/C17H26N2O2S/c1-13(11-18-2)17(20)19-15-5-3-4-14(10-15)12-22-16-6-8-21-9-7-16/h3-5,10,13,16,18H,6-9,11-12H2,1-2H3,(H,19,20). The number of carbonyl (C=O) groups is 1. The molecule has 0 aliphatic carbocycles. The van der Waals surface area contributed by atoms with Crippen LogP contribution in [0.5, 0.6) is 0 Å². The summed E-state index contributed by atoms with van der Waals surface area (Å²) in [5, 5.41) is 6.72. The lowest BCUT2D eigenvalue weighted by molar-refractivity contribution is -0.119. The zero-order valence-corrected chi connectivity index (χ0v) is 14.2. The number of amides is 1. The number of carbonyl (C=O) groups excluding carboxylic acids is 1. The second-order valence-corrected chi connectivity index (χ2v) is 7.06. The van der Waals surface area contributed by atoms with E-state index in [1.54, 1.807) is 0 Å². The van der Waals surface area contributed by atoms with Crippen LogP contribution in [0.25, 0.3) is 0 Å². The summed E-state index contributed by atoms with van der Waals surface area (Å²) >= 11 is 1.99. The molecule has 0 spiro atoms. The minimum atomic E-state index is -0.0368. The van der Waals surface area contributed by atoms with Gasteiger partial charge in [-0.05, 0) is 37.6 Å². The van der Waals surface area contributed by atoms with Crippen molar-refractivity contribution in [1.82, 2.24) is 5.32 Å². The van der Waals surface area contributed by atoms with Crippen LogP contribution < -0.4 is 10.6 Å². The highest BCUT2D eigenvalue weighted by Crippen LogP contribution is 2.26. The van der Waals surface area contributed by atoms with E-state index in [-0.39, 0.29) is 11.8 Å². The van der Waals surface area contributed by atoms with E-state index in [1.165, 1.54) is 5.56 Å². The van der Waals surface area contributed by atoms with Gasteiger partial charge in [-0.25, -0.2) is 0 Å². The average Bonchev–Trinajstić information content (AvgIpc) is 2.54. The second-order valence-electron chi connectivity index (χ2n) is 5.77. The average molecular weight is 322 g/mol. The minimum absolute atomic E-state index is 0.0368. The van der Waals surface area contributed by atoms with Gasteiger partial charge in [0, 0.05) is 42.4 Å². The Hall–Kier alpha value is -1.04. The largest absolute Gasteiger partial charge is 0.381 e. The van der Waals surface area contributed by atoms with E-state index in [0.29, 0.717) is 11.8 Å². The molecule has 1 unspecified atom stereocenters. The number of hydrogen-bond acceptors (Lipinski definition) is 4. The van der Waals surface area contributed by atoms with Crippen molar-refractivity contribution in [2.45, 2.75) is 30.8 Å². The number of anilines is 1. The number of thioether (sulfide) groups is 1. The molecule has 1 aromatic carbocycles. The molecule has 1 fully saturated rings. The van der Waals surface area contributed by atoms with Crippen LogP contribution in [0.15, 0.2) is 24.3 Å². The monoisotopic (exact) mass is 322 g/mol. The summed E-state index contributed by atoms with van der Waals surface area (Å²) in [5.74, 6) is 1.01. The maximum atomic E-state index is 12.0. The molecule has 0 radical (unpaired) electrons. The van der Waals surface area contributed by atoms with Gasteiger partial charge in [-0.3, -0.25) is 4.79 Å². The highest BCUT2D eigenvalue weighted by Gasteiger charge is 2.15. The Morgan fingerprint density at radius 3 is 2.91 bits per heavy atom. The zero-order chi connectivity index (χ0) is 15.8. The lowest BCUT2D eigenvalue weighted by Crippen LogP contribution is -2.28. The molecule has 122 valence electrons. The van der Waals surface area contributed by atoms with Gasteiger partial charge in [0.05, 0.1) is 0 Å². The second kappa shape index (κ2) is 9.18. The molecule has 1 aliphatic heterocycles. The molecule has 1 amide bonds. The molecular weight excluding hydrogens is 296 g/mol. The van der Waals surface area contributed by atoms with Gasteiger partial charge in [0.15, 0.2) is 0 Å². The first kappa shape index (κ1) is 17.3. The van der Waals surface area contributed by atoms with Crippen molar-refractivity contribution >= 4 is 23.4 Å². The molecular formula is C17H26N2O2S. The van der Waals surface area contributed by atoms with Crippen LogP contribution in [0.3, 0.4) is 0 Å². The molecule has 0 bridgehead atoms. The number of benzene rings is 1. The molecule has 4 nitrogen and oxygen atoms in total. The Balaban J connectivity index is 1.85. The lowest BCUT2D eigenvalue weighted by atomic mass is 10.1. The van der Waals surface area contributed by atoms with Gasteiger partial charge < -0.3 is 15.4 Å². The molecule has 2 N–H and O–H groups in total. The van der Waals surface area contributed by atoms with Crippen LogP contribution in [-0.2, 0) is 15.3 Å². The number of rotatable bonds is 7. The van der Waals surface area contributed by atoms with Crippen LogP contribution in [-0.4, -0.2) is 38.0 Å². The van der Waals surface area contributed by atoms with Gasteiger partial charge in [-0.1, -0.05) is 19.1 Å². The first-order chi connectivity index (χ1) is 10.7. The van der Waals surface area contributed by atoms with Crippen LogP contribution >= 0.6 is 11.8 Å². The summed E-state index contributed by atoms with van der Waals surface area (Å²) in [7, 11) is 1.86. The number of ether oxygens (including phenoxy) is 1. The van der Waals surface area contributed by atoms with E-state index < -0.39 is 0 Å². The lowest BCUT2D eigenvalue weighted by Gasteiger charge is -2.21. The van der Waals surface area contributed by atoms with E-state index in [1.807, 2.05) is 37.9 Å². The third-order valence-electron chi connectivity index (χ3n) is 3.81. The van der Waals surface area contributed by atoms with Crippen LogP contribution in [0.4, 0.5) is 5.69 Å². The van der Waals surface area contributed by atoms with Gasteiger partial charge in [0.25, 0.3) is 0 Å². The summed E-state index contributed by atoms with van der Waals surface area (Å²) in [4.78, 5) is 12.0. The Morgan fingerprint density at radius 2 is 2.18 bits per heavy atom. The quantitative estimate of drug-likeness (QED) is 0.810. The van der Waals surface area contributed by atoms with E-state index in [2.05, 4.69) is 22.8 Å². The zero-order valence-electron chi connectivity index (χ0n) is 13.4. The first-order valence-corrected chi connectivity index (χ1v) is 8.97. The molecule has 1 aromatic rings. The fourth-order valence-electron chi connectivity index (χ4n) is 2.46. The predicted octanol–water partition coefficient (Wildman–Crippen LogP) is 2.89. The molecule has 1 saturated heterocycles. The molecule has 1 aliphatic rings. The summed E-state index contributed by atoms with van der Waals surface area (Å²) in [6.45, 7) is 4.38. The fraction of sp³-hybridized carbons (Fsp3) is 0.588. The SMILES string of the molecule is CNCC(C)C(=O)Nc1cccc(CSC2CCOCC2)c1. The smallest absolute Gasteiger partial charge is 0.228 e. The fourth-order valence-corrected chi connectivity index (χ4v) is 3.59. The van der Waals surface area contributed by atoms with Gasteiger partial charge >= 0.3 is 0 Å². The highest BCUT2D eigenvalue weighted by atomic mass is 32.2. The van der Waals surface area contributed by atoms with Gasteiger partial charge in [0.1, 0.15) is 0 Å². The minimum Gasteiger partial charge on any atom is -0.381 e. The molecule has 5 heteroatoms. The maximum absolute atomic E-state index is 12.0. The molecule has 2 rings (SSSR count). The molecule has 0 saturated carbocycles. The van der Waals surface area contributed by atoms with Crippen molar-refractivity contribution in [3.8, 4) is 0 Å². The van der Waals surface area contributed by atoms with Crippen LogP contribution in [0.1, 0.15) is 25.3 Å². The predicted molar refractivity (Wildman–Crippen MR) is 93.3 cm³/mol. The van der Waals surface area contributed by atoms with E-state index in [4.69, 9.17) is 4.74 Å². The molecule has 1 atom stereocenters. The summed E-state index contributed by atoms with van der Waals surface area (Å²) in [6, 6.07) is 8.17. The van der Waals surface area contributed by atoms with Crippen molar-refractivity contribution in [2.24, 2.45) is 5.92 Å². The summed E-state index contributed by atoms with van der Waals surface area (Å²) in [5.41, 5.74) is 2.15. The molecule has 1 heterocycles.